The van der Waals surface area contributed by atoms with Gasteiger partial charge >= 0.3 is 5.97 Å². The first-order valence-electron chi connectivity index (χ1n) is 10.1. The molecule has 5 unspecified atom stereocenters. The van der Waals surface area contributed by atoms with Crippen molar-refractivity contribution >= 4 is 23.7 Å². The van der Waals surface area contributed by atoms with E-state index in [1.807, 2.05) is 0 Å². The zero-order chi connectivity index (χ0) is 24.5. The minimum Gasteiger partial charge on any atom is -0.480 e. The Kier molecular flexibility index (Phi) is 9.06. The van der Waals surface area contributed by atoms with E-state index in [0.29, 0.717) is 11.4 Å². The average Bonchev–Trinajstić information content (AvgIpc) is 3.44. The first-order chi connectivity index (χ1) is 15.6. The average molecular weight is 464 g/mol. The second-order valence-electron chi connectivity index (χ2n) is 7.54. The van der Waals surface area contributed by atoms with Gasteiger partial charge in [-0.1, -0.05) is 0 Å². The summed E-state index contributed by atoms with van der Waals surface area (Å²) in [5, 5.41) is 26.2. The van der Waals surface area contributed by atoms with Crippen LogP contribution in [0.25, 0.3) is 0 Å². The first kappa shape index (κ1) is 25.5. The van der Waals surface area contributed by atoms with E-state index in [4.69, 9.17) is 5.73 Å². The number of aliphatic hydroxyl groups is 1. The summed E-state index contributed by atoms with van der Waals surface area (Å²) in [6, 6.07) is -4.81. The van der Waals surface area contributed by atoms with Gasteiger partial charge in [0.2, 0.25) is 17.7 Å². The highest BCUT2D eigenvalue weighted by molar-refractivity contribution is 5.94. The predicted molar refractivity (Wildman–Crippen MR) is 113 cm³/mol. The summed E-state index contributed by atoms with van der Waals surface area (Å²) in [6.07, 6.45) is 4.31. The van der Waals surface area contributed by atoms with Gasteiger partial charge in [-0.15, -0.1) is 0 Å². The molecule has 0 bridgehead atoms. The maximum atomic E-state index is 13.1. The minimum absolute atomic E-state index is 0.0358. The van der Waals surface area contributed by atoms with Crippen LogP contribution in [0.4, 0.5) is 0 Å². The molecular formula is C19H28N8O6. The molecule has 0 aliphatic carbocycles. The van der Waals surface area contributed by atoms with Crippen LogP contribution in [0.15, 0.2) is 25.0 Å². The van der Waals surface area contributed by atoms with E-state index in [2.05, 4.69) is 35.9 Å². The monoisotopic (exact) mass is 464 g/mol. The SMILES string of the molecule is CC(N)C(=O)NC(Cc1cnc[nH]1)C(=O)NC(Cc1cnc[nH]1)C(=O)NC(C(=O)O)C(C)O. The van der Waals surface area contributed by atoms with Crippen LogP contribution in [-0.2, 0) is 32.0 Å². The molecule has 3 amide bonds. The second kappa shape index (κ2) is 11.7. The number of carboxylic acids is 1. The molecule has 0 fully saturated rings. The van der Waals surface area contributed by atoms with Crippen molar-refractivity contribution < 1.29 is 29.4 Å². The van der Waals surface area contributed by atoms with Crippen LogP contribution in [-0.4, -0.2) is 84.1 Å². The third-order valence-electron chi connectivity index (χ3n) is 4.68. The lowest BCUT2D eigenvalue weighted by atomic mass is 10.1. The van der Waals surface area contributed by atoms with Crippen LogP contribution in [0.2, 0.25) is 0 Å². The van der Waals surface area contributed by atoms with Crippen LogP contribution >= 0.6 is 0 Å². The van der Waals surface area contributed by atoms with Crippen LogP contribution in [0.1, 0.15) is 25.2 Å². The Balaban J connectivity index is 2.22. The number of rotatable bonds is 12. The highest BCUT2D eigenvalue weighted by Gasteiger charge is 2.32. The molecule has 0 aliphatic heterocycles. The molecule has 2 rings (SSSR count). The van der Waals surface area contributed by atoms with E-state index in [1.165, 1.54) is 38.9 Å². The number of carboxylic acid groups (broad SMARTS) is 1. The largest absolute Gasteiger partial charge is 0.480 e. The smallest absolute Gasteiger partial charge is 0.328 e. The summed E-state index contributed by atoms with van der Waals surface area (Å²) in [4.78, 5) is 62.7. The lowest BCUT2D eigenvalue weighted by molar-refractivity contribution is -0.145. The molecule has 2 heterocycles. The molecule has 0 aliphatic rings. The fourth-order valence-electron chi connectivity index (χ4n) is 2.87. The summed E-state index contributed by atoms with van der Waals surface area (Å²) in [7, 11) is 0. The fourth-order valence-corrected chi connectivity index (χ4v) is 2.87. The molecule has 2 aromatic rings. The van der Waals surface area contributed by atoms with E-state index in [0.717, 1.165) is 0 Å². The molecule has 2 aromatic heterocycles. The van der Waals surface area contributed by atoms with Gasteiger partial charge in [0.05, 0.1) is 24.8 Å². The number of nitrogens with one attached hydrogen (secondary N) is 5. The Bertz CT molecular complexity index is 928. The van der Waals surface area contributed by atoms with Crippen LogP contribution in [0.3, 0.4) is 0 Å². The molecule has 0 spiro atoms. The van der Waals surface area contributed by atoms with Gasteiger partial charge in [0, 0.05) is 36.6 Å². The highest BCUT2D eigenvalue weighted by Crippen LogP contribution is 2.05. The van der Waals surface area contributed by atoms with Gasteiger partial charge in [-0.25, -0.2) is 14.8 Å². The third kappa shape index (κ3) is 7.69. The number of hydrogen-bond acceptors (Lipinski definition) is 8. The molecule has 0 aromatic carbocycles. The van der Waals surface area contributed by atoms with Crippen molar-refractivity contribution in [1.82, 2.24) is 35.9 Å². The van der Waals surface area contributed by atoms with Crippen molar-refractivity contribution in [3.63, 3.8) is 0 Å². The molecule has 5 atom stereocenters. The van der Waals surface area contributed by atoms with Gasteiger partial charge < -0.3 is 41.9 Å². The van der Waals surface area contributed by atoms with E-state index in [-0.39, 0.29) is 12.8 Å². The summed E-state index contributed by atoms with van der Waals surface area (Å²) in [5.41, 5.74) is 6.63. The third-order valence-corrected chi connectivity index (χ3v) is 4.68. The van der Waals surface area contributed by atoms with Crippen molar-refractivity contribution in [2.24, 2.45) is 5.73 Å². The van der Waals surface area contributed by atoms with Gasteiger partial charge in [0.15, 0.2) is 6.04 Å². The van der Waals surface area contributed by atoms with Crippen LogP contribution in [0.5, 0.6) is 0 Å². The number of aromatic amines is 2. The Morgan fingerprint density at radius 2 is 1.36 bits per heavy atom. The normalized spacial score (nSPS) is 15.5. The Morgan fingerprint density at radius 1 is 0.909 bits per heavy atom. The van der Waals surface area contributed by atoms with E-state index < -0.39 is 54.0 Å². The topological polar surface area (TPSA) is 228 Å². The standard InChI is InChI=1S/C19H28N8O6/c1-9(20)16(29)25-13(3-11-5-21-7-23-11)17(30)26-14(4-12-6-22-8-24-12)18(31)27-15(10(2)28)19(32)33/h5-10,13-15,28H,3-4,20H2,1-2H3,(H,21,23)(H,22,24)(H,25,29)(H,26,30)(H,27,31)(H,32,33). The van der Waals surface area contributed by atoms with Gasteiger partial charge in [-0.2, -0.15) is 0 Å². The molecule has 0 saturated heterocycles. The van der Waals surface area contributed by atoms with E-state index in [1.54, 1.807) is 0 Å². The molecule has 33 heavy (non-hydrogen) atoms. The lowest BCUT2D eigenvalue weighted by Crippen LogP contribution is -2.59. The summed E-state index contributed by atoms with van der Waals surface area (Å²) in [6.45, 7) is 2.67. The number of imidazole rings is 2. The summed E-state index contributed by atoms with van der Waals surface area (Å²) < 4.78 is 0. The minimum atomic E-state index is -1.59. The van der Waals surface area contributed by atoms with E-state index in [9.17, 15) is 29.4 Å². The number of H-pyrrole nitrogens is 2. The molecule has 0 radical (unpaired) electrons. The number of aromatic nitrogens is 4. The van der Waals surface area contributed by atoms with Crippen molar-refractivity contribution in [3.8, 4) is 0 Å². The lowest BCUT2D eigenvalue weighted by Gasteiger charge is -2.25. The maximum Gasteiger partial charge on any atom is 0.328 e. The van der Waals surface area contributed by atoms with Crippen LogP contribution in [0, 0.1) is 0 Å². The number of carbonyl (C=O) groups is 4. The Hall–Kier alpha value is -3.78. The molecular weight excluding hydrogens is 436 g/mol. The molecule has 14 nitrogen and oxygen atoms in total. The highest BCUT2D eigenvalue weighted by atomic mass is 16.4. The summed E-state index contributed by atoms with van der Waals surface area (Å²) in [5.74, 6) is -3.57. The van der Waals surface area contributed by atoms with Gasteiger partial charge in [0.25, 0.3) is 0 Å². The number of hydrogen-bond donors (Lipinski definition) is 8. The Morgan fingerprint density at radius 3 is 1.73 bits per heavy atom. The molecule has 180 valence electrons. The van der Waals surface area contributed by atoms with Crippen LogP contribution < -0.4 is 21.7 Å². The Labute approximate surface area is 188 Å². The van der Waals surface area contributed by atoms with Gasteiger partial charge in [-0.05, 0) is 13.8 Å². The quantitative estimate of drug-likeness (QED) is 0.162. The van der Waals surface area contributed by atoms with Crippen molar-refractivity contribution in [1.29, 1.82) is 0 Å². The van der Waals surface area contributed by atoms with Crippen molar-refractivity contribution in [2.45, 2.75) is 57.0 Å². The zero-order valence-corrected chi connectivity index (χ0v) is 18.1. The maximum absolute atomic E-state index is 13.1. The number of nitrogens with zero attached hydrogens (tertiary/aromatic N) is 2. The number of aliphatic hydroxyl groups excluding tert-OH is 1. The van der Waals surface area contributed by atoms with Crippen molar-refractivity contribution in [3.05, 3.63) is 36.4 Å². The molecule has 0 saturated carbocycles. The number of aliphatic carboxylic acids is 1. The first-order valence-corrected chi connectivity index (χ1v) is 10.1. The second-order valence-corrected chi connectivity index (χ2v) is 7.54. The summed E-state index contributed by atoms with van der Waals surface area (Å²) >= 11 is 0. The fraction of sp³-hybridized carbons (Fsp3) is 0.474. The van der Waals surface area contributed by atoms with E-state index >= 15 is 0 Å². The van der Waals surface area contributed by atoms with Gasteiger partial charge in [0.1, 0.15) is 12.1 Å². The number of nitrogens with two attached hydrogens (primary N) is 1. The zero-order valence-electron chi connectivity index (χ0n) is 18.1. The van der Waals surface area contributed by atoms with Gasteiger partial charge in [-0.3, -0.25) is 14.4 Å². The molecule has 14 heteroatoms. The number of amides is 3. The number of carbonyl (C=O) groups excluding carboxylic acids is 3. The predicted octanol–water partition coefficient (Wildman–Crippen LogP) is -2.81. The molecule has 9 N–H and O–H groups in total. The van der Waals surface area contributed by atoms with Crippen molar-refractivity contribution in [2.75, 3.05) is 0 Å².